The number of aliphatic carboxylic acids is 1. The van der Waals surface area contributed by atoms with Crippen LogP contribution in [0.5, 0.6) is 0 Å². The summed E-state index contributed by atoms with van der Waals surface area (Å²) in [6.45, 7) is 4.98. The van der Waals surface area contributed by atoms with Gasteiger partial charge in [0.1, 0.15) is 5.54 Å². The van der Waals surface area contributed by atoms with E-state index in [9.17, 15) is 14.4 Å². The van der Waals surface area contributed by atoms with E-state index in [0.29, 0.717) is 25.7 Å². The number of rotatable bonds is 8. The number of carbonyl (C=O) groups excluding carboxylic acids is 2. The Morgan fingerprint density at radius 3 is 2.17 bits per heavy atom. The van der Waals surface area contributed by atoms with E-state index in [1.54, 1.807) is 0 Å². The number of nitrogens with one attached hydrogen (secondary N) is 2. The fourth-order valence-corrected chi connectivity index (χ4v) is 1.57. The van der Waals surface area contributed by atoms with Crippen LogP contribution in [0.25, 0.3) is 0 Å². The molecule has 0 spiro atoms. The molecular formula is C12H22N2O4. The average Bonchev–Trinajstić information content (AvgIpc) is 2.27. The molecular weight excluding hydrogens is 236 g/mol. The first-order valence-electron chi connectivity index (χ1n) is 6.16. The van der Waals surface area contributed by atoms with Gasteiger partial charge in [0.05, 0.1) is 6.54 Å². The second-order valence-electron chi connectivity index (χ2n) is 4.46. The predicted octanol–water partition coefficient (Wildman–Crippen LogP) is 0.662. The molecule has 0 saturated heterocycles. The Balaban J connectivity index is 4.27. The van der Waals surface area contributed by atoms with Gasteiger partial charge in [0.25, 0.3) is 0 Å². The lowest BCUT2D eigenvalue weighted by molar-refractivity contribution is -0.147. The highest BCUT2D eigenvalue weighted by Crippen LogP contribution is 2.12. The maximum absolute atomic E-state index is 11.6. The second-order valence-corrected chi connectivity index (χ2v) is 4.46. The molecule has 6 heteroatoms. The SMILES string of the molecule is CCCC(=O)NCC(=O)NC(C)(CCC)C(=O)O. The summed E-state index contributed by atoms with van der Waals surface area (Å²) in [6.07, 6.45) is 2.05. The van der Waals surface area contributed by atoms with E-state index in [1.165, 1.54) is 6.92 Å². The summed E-state index contributed by atoms with van der Waals surface area (Å²) >= 11 is 0. The van der Waals surface area contributed by atoms with Gasteiger partial charge in [-0.3, -0.25) is 9.59 Å². The molecule has 0 bridgehead atoms. The van der Waals surface area contributed by atoms with Gasteiger partial charge in [-0.25, -0.2) is 4.79 Å². The van der Waals surface area contributed by atoms with Crippen LogP contribution in [0.15, 0.2) is 0 Å². The highest BCUT2D eigenvalue weighted by atomic mass is 16.4. The van der Waals surface area contributed by atoms with Crippen molar-refractivity contribution in [3.8, 4) is 0 Å². The minimum absolute atomic E-state index is 0.189. The molecule has 0 rings (SSSR count). The van der Waals surface area contributed by atoms with E-state index in [-0.39, 0.29) is 12.5 Å². The number of hydrogen-bond donors (Lipinski definition) is 3. The summed E-state index contributed by atoms with van der Waals surface area (Å²) in [5, 5.41) is 14.0. The Morgan fingerprint density at radius 2 is 1.72 bits per heavy atom. The summed E-state index contributed by atoms with van der Waals surface area (Å²) in [6, 6.07) is 0. The van der Waals surface area contributed by atoms with Crippen LogP contribution in [0.4, 0.5) is 0 Å². The molecule has 1 atom stereocenters. The average molecular weight is 258 g/mol. The largest absolute Gasteiger partial charge is 0.480 e. The molecule has 2 amide bonds. The first-order valence-corrected chi connectivity index (χ1v) is 6.16. The van der Waals surface area contributed by atoms with Crippen molar-refractivity contribution < 1.29 is 19.5 Å². The van der Waals surface area contributed by atoms with Gasteiger partial charge in [-0.05, 0) is 19.8 Å². The molecule has 0 aliphatic rings. The minimum Gasteiger partial charge on any atom is -0.480 e. The third-order valence-electron chi connectivity index (χ3n) is 2.56. The maximum atomic E-state index is 11.6. The zero-order valence-electron chi connectivity index (χ0n) is 11.2. The molecule has 6 nitrogen and oxygen atoms in total. The lowest BCUT2D eigenvalue weighted by Crippen LogP contribution is -2.54. The van der Waals surface area contributed by atoms with Gasteiger partial charge in [0.2, 0.25) is 11.8 Å². The normalized spacial score (nSPS) is 13.5. The summed E-state index contributed by atoms with van der Waals surface area (Å²) in [4.78, 5) is 33.8. The van der Waals surface area contributed by atoms with Gasteiger partial charge in [-0.15, -0.1) is 0 Å². The number of carboxylic acid groups (broad SMARTS) is 1. The third-order valence-corrected chi connectivity index (χ3v) is 2.56. The first kappa shape index (κ1) is 16.4. The molecule has 0 aliphatic carbocycles. The Kier molecular flexibility index (Phi) is 7.00. The molecule has 0 aromatic heterocycles. The molecule has 0 saturated carbocycles. The Bertz CT molecular complexity index is 317. The number of hydrogen-bond acceptors (Lipinski definition) is 3. The topological polar surface area (TPSA) is 95.5 Å². The van der Waals surface area contributed by atoms with Crippen LogP contribution in [0.3, 0.4) is 0 Å². The van der Waals surface area contributed by atoms with E-state index in [2.05, 4.69) is 10.6 Å². The van der Waals surface area contributed by atoms with Crippen molar-refractivity contribution >= 4 is 17.8 Å². The molecule has 0 aromatic rings. The molecule has 1 unspecified atom stereocenters. The number of amides is 2. The fraction of sp³-hybridized carbons (Fsp3) is 0.750. The van der Waals surface area contributed by atoms with Crippen LogP contribution < -0.4 is 10.6 Å². The van der Waals surface area contributed by atoms with Crippen molar-refractivity contribution in [3.05, 3.63) is 0 Å². The highest BCUT2D eigenvalue weighted by molar-refractivity contribution is 5.89. The van der Waals surface area contributed by atoms with Gasteiger partial charge < -0.3 is 15.7 Å². The monoisotopic (exact) mass is 258 g/mol. The van der Waals surface area contributed by atoms with Crippen molar-refractivity contribution in [1.82, 2.24) is 10.6 Å². The van der Waals surface area contributed by atoms with E-state index in [1.807, 2.05) is 13.8 Å². The van der Waals surface area contributed by atoms with E-state index < -0.39 is 17.4 Å². The number of carbonyl (C=O) groups is 3. The molecule has 0 aliphatic heterocycles. The lowest BCUT2D eigenvalue weighted by atomic mass is 9.96. The van der Waals surface area contributed by atoms with E-state index in [0.717, 1.165) is 0 Å². The van der Waals surface area contributed by atoms with Crippen molar-refractivity contribution in [2.75, 3.05) is 6.54 Å². The quantitative estimate of drug-likeness (QED) is 0.596. The summed E-state index contributed by atoms with van der Waals surface area (Å²) in [5.41, 5.74) is -1.28. The van der Waals surface area contributed by atoms with Crippen LogP contribution >= 0.6 is 0 Å². The first-order chi connectivity index (χ1) is 8.35. The predicted molar refractivity (Wildman–Crippen MR) is 67.0 cm³/mol. The minimum atomic E-state index is -1.28. The Labute approximate surface area is 107 Å². The molecule has 0 aromatic carbocycles. The molecule has 18 heavy (non-hydrogen) atoms. The van der Waals surface area contributed by atoms with E-state index in [4.69, 9.17) is 5.11 Å². The molecule has 0 heterocycles. The van der Waals surface area contributed by atoms with Gasteiger partial charge in [0, 0.05) is 6.42 Å². The van der Waals surface area contributed by atoms with Gasteiger partial charge in [0.15, 0.2) is 0 Å². The summed E-state index contributed by atoms with van der Waals surface area (Å²) in [5.74, 6) is -1.77. The molecule has 3 N–H and O–H groups in total. The van der Waals surface area contributed by atoms with Gasteiger partial charge >= 0.3 is 5.97 Å². The van der Waals surface area contributed by atoms with Crippen molar-refractivity contribution in [2.24, 2.45) is 0 Å². The summed E-state index contributed by atoms with van der Waals surface area (Å²) < 4.78 is 0. The highest BCUT2D eigenvalue weighted by Gasteiger charge is 2.33. The van der Waals surface area contributed by atoms with Crippen LogP contribution in [0.2, 0.25) is 0 Å². The summed E-state index contributed by atoms with van der Waals surface area (Å²) in [7, 11) is 0. The Hall–Kier alpha value is -1.59. The van der Waals surface area contributed by atoms with Crippen LogP contribution in [0.1, 0.15) is 46.5 Å². The van der Waals surface area contributed by atoms with Crippen molar-refractivity contribution in [3.63, 3.8) is 0 Å². The van der Waals surface area contributed by atoms with Crippen molar-refractivity contribution in [2.45, 2.75) is 52.0 Å². The van der Waals surface area contributed by atoms with Crippen molar-refractivity contribution in [1.29, 1.82) is 0 Å². The van der Waals surface area contributed by atoms with Crippen LogP contribution in [-0.4, -0.2) is 35.0 Å². The fourth-order valence-electron chi connectivity index (χ4n) is 1.57. The molecule has 104 valence electrons. The standard InChI is InChI=1S/C12H22N2O4/c1-4-6-9(15)13-8-10(16)14-12(3,7-5-2)11(17)18/h4-8H2,1-3H3,(H,13,15)(H,14,16)(H,17,18). The smallest absolute Gasteiger partial charge is 0.329 e. The zero-order chi connectivity index (χ0) is 14.2. The molecule has 0 fully saturated rings. The van der Waals surface area contributed by atoms with E-state index >= 15 is 0 Å². The number of carboxylic acids is 1. The zero-order valence-corrected chi connectivity index (χ0v) is 11.2. The molecule has 0 radical (unpaired) electrons. The Morgan fingerprint density at radius 1 is 1.11 bits per heavy atom. The van der Waals surface area contributed by atoms with Gasteiger partial charge in [-0.2, -0.15) is 0 Å². The van der Waals surface area contributed by atoms with Crippen LogP contribution in [0, 0.1) is 0 Å². The third kappa shape index (κ3) is 5.65. The lowest BCUT2D eigenvalue weighted by Gasteiger charge is -2.25. The second kappa shape index (κ2) is 7.68. The maximum Gasteiger partial charge on any atom is 0.329 e. The van der Waals surface area contributed by atoms with Gasteiger partial charge in [-0.1, -0.05) is 20.3 Å². The van der Waals surface area contributed by atoms with Crippen LogP contribution in [-0.2, 0) is 14.4 Å².